The summed E-state index contributed by atoms with van der Waals surface area (Å²) in [7, 11) is 0. The molecular weight excluding hydrogens is 1420 g/mol. The van der Waals surface area contributed by atoms with Gasteiger partial charge in [0, 0.05) is 0 Å². The van der Waals surface area contributed by atoms with Gasteiger partial charge in [-0.25, -0.2) is 0 Å². The third kappa shape index (κ3) is 28.9. The van der Waals surface area contributed by atoms with Crippen LogP contribution in [0.4, 0.5) is 158 Å². The highest BCUT2D eigenvalue weighted by Gasteiger charge is 2.45. The normalized spacial score (nSPS) is 12.7. The van der Waals surface area contributed by atoms with Gasteiger partial charge in [-0.15, -0.1) is 0 Å². The summed E-state index contributed by atoms with van der Waals surface area (Å²) in [5, 5.41) is 0. The molecule has 0 aromatic heterocycles. The van der Waals surface area contributed by atoms with Gasteiger partial charge in [-0.2, -0.15) is 158 Å². The average Bonchev–Trinajstić information content (AvgIpc) is 0.780. The van der Waals surface area contributed by atoms with Crippen LogP contribution in [0.15, 0.2) is 140 Å². The molecule has 0 saturated carbocycles. The van der Waals surface area contributed by atoms with E-state index in [0.717, 1.165) is 61.9 Å². The summed E-state index contributed by atoms with van der Waals surface area (Å²) in [5.41, 5.74) is -15.9. The Morgan fingerprint density at radius 3 is 0.742 bits per heavy atom. The molecule has 0 spiro atoms. The molecule has 0 heterocycles. The van der Waals surface area contributed by atoms with Crippen molar-refractivity contribution in [2.24, 2.45) is 0 Å². The second kappa shape index (κ2) is 32.1. The minimum atomic E-state index is -5.30. The average molecular weight is 1460 g/mol. The van der Waals surface area contributed by atoms with Crippen LogP contribution in [0.3, 0.4) is 0 Å². The van der Waals surface area contributed by atoms with E-state index < -0.39 is 152 Å². The quantitative estimate of drug-likeness (QED) is 0.133. The largest absolute Gasteiger partial charge is 0.416 e. The van der Waals surface area contributed by atoms with Crippen molar-refractivity contribution in [2.75, 3.05) is 0 Å². The minimum absolute atomic E-state index is 0.0721. The van der Waals surface area contributed by atoms with Gasteiger partial charge in [-0.3, -0.25) is 0 Å². The molecule has 0 atom stereocenters. The predicted octanol–water partition coefficient (Wildman–Crippen LogP) is 26.2. The maximum atomic E-state index is 12.5. The van der Waals surface area contributed by atoms with E-state index in [1.165, 1.54) is 44.2 Å². The fourth-order valence-electron chi connectivity index (χ4n) is 7.39. The Morgan fingerprint density at radius 1 is 0.165 bits per heavy atom. The van der Waals surface area contributed by atoms with Gasteiger partial charge in [0.05, 0.1) is 66.8 Å². The summed E-state index contributed by atoms with van der Waals surface area (Å²) in [6.07, 6.45) is -57.1. The van der Waals surface area contributed by atoms with E-state index in [1.807, 2.05) is 0 Å². The monoisotopic (exact) mass is 1460 g/mol. The summed E-state index contributed by atoms with van der Waals surface area (Å²) < 4.78 is 439. The van der Waals surface area contributed by atoms with E-state index in [0.29, 0.717) is 42.8 Å². The predicted molar refractivity (Wildman–Crippen MR) is 278 cm³/mol. The first kappa shape index (κ1) is 87.0. The molecule has 0 aliphatic heterocycles. The molecule has 0 amide bonds. The van der Waals surface area contributed by atoms with Crippen molar-refractivity contribution < 1.29 is 158 Å². The molecule has 0 nitrogen and oxygen atoms in total. The van der Waals surface area contributed by atoms with Gasteiger partial charge in [0.15, 0.2) is 0 Å². The van der Waals surface area contributed by atoms with Gasteiger partial charge in [-0.1, -0.05) is 71.8 Å². The van der Waals surface area contributed by atoms with Crippen LogP contribution in [-0.4, -0.2) is 0 Å². The fourth-order valence-corrected chi connectivity index (χ4v) is 7.39. The highest BCUT2D eigenvalue weighted by molar-refractivity contribution is 5.43. The van der Waals surface area contributed by atoms with Crippen LogP contribution in [-0.2, 0) is 74.1 Å². The SMILES string of the molecule is Cc1c(C(F)(F)F)cc(C(F)(F)F)cc1C(F)(F)F.Cc1c(C(F)(F)F)cccc1C(F)(F)F.Cc1cc(C(F)(F)F)cc(C(F)(F)F)c1.Cc1ccc(C(F)(F)F)cc1.Cc1ccc(C(F)(F)F)cc1C(F)(F)F.Cc1cccc(C(F)(F)F)c1.Cc1ccccc1C(F)(F)F. The second-order valence-electron chi connectivity index (χ2n) is 19.8. The topological polar surface area (TPSA) is 0 Å². The lowest BCUT2D eigenvalue weighted by Gasteiger charge is -2.19. The van der Waals surface area contributed by atoms with Gasteiger partial charge in [0.2, 0.25) is 0 Å². The molecule has 540 valence electrons. The van der Waals surface area contributed by atoms with Gasteiger partial charge >= 0.3 is 74.1 Å². The molecule has 0 N–H and O–H groups in total. The number of aryl methyl sites for hydroxylation is 5. The number of alkyl halides is 36. The molecule has 7 aromatic rings. The molecule has 0 fully saturated rings. The van der Waals surface area contributed by atoms with Crippen molar-refractivity contribution >= 4 is 0 Å². The Bertz CT molecular complexity index is 3500. The molecule has 0 aliphatic rings. The molecular formula is C61H44F36. The van der Waals surface area contributed by atoms with Crippen molar-refractivity contribution in [3.8, 4) is 0 Å². The lowest BCUT2D eigenvalue weighted by atomic mass is 9.97. The zero-order valence-electron chi connectivity index (χ0n) is 49.4. The highest BCUT2D eigenvalue weighted by atomic mass is 19.5. The number of rotatable bonds is 0. The van der Waals surface area contributed by atoms with Crippen LogP contribution in [0.1, 0.15) is 106 Å². The van der Waals surface area contributed by atoms with Crippen molar-refractivity contribution in [3.63, 3.8) is 0 Å². The fraction of sp³-hybridized carbons (Fsp3) is 0.311. The molecule has 0 radical (unpaired) electrons. The standard InChI is InChI=1S/C10H5F9.3C9H6F6.3C8H7F3/c1-4-6(9(14,15)16)2-5(8(11,12)13)3-7(4)10(17,18)19;1-5-2-6(8(10,11)12)4-7(3-5)9(13,14)15;1-5-2-3-6(8(10,11)12)4-7(5)9(13,14)15;1-5-6(8(10,11)12)3-2-4-7(5)9(13,14)15;1-6-2-4-7(5-3-6)8(9,10)11;1-6-3-2-4-7(5-6)8(9,10)11;1-6-4-2-3-5-7(6)8(9,10)11/h2-3H,1H3;3*2-4H,1H3;3*2-5H,1H3. The van der Waals surface area contributed by atoms with Gasteiger partial charge < -0.3 is 0 Å². The minimum Gasteiger partial charge on any atom is -0.166 e. The number of hydrogen-bond donors (Lipinski definition) is 0. The molecule has 0 aliphatic carbocycles. The molecule has 7 aromatic carbocycles. The van der Waals surface area contributed by atoms with Gasteiger partial charge in [0.25, 0.3) is 0 Å². The summed E-state index contributed by atoms with van der Waals surface area (Å²) in [6.45, 7) is 8.42. The van der Waals surface area contributed by atoms with Crippen molar-refractivity contribution in [1.82, 2.24) is 0 Å². The molecule has 7 rings (SSSR count). The van der Waals surface area contributed by atoms with Crippen LogP contribution in [0, 0.1) is 48.5 Å². The lowest BCUT2D eigenvalue weighted by Crippen LogP contribution is -2.18. The van der Waals surface area contributed by atoms with Crippen molar-refractivity contribution in [1.29, 1.82) is 0 Å². The van der Waals surface area contributed by atoms with Crippen LogP contribution in [0.5, 0.6) is 0 Å². The van der Waals surface area contributed by atoms with E-state index in [1.54, 1.807) is 26.0 Å². The number of halogens is 36. The Morgan fingerprint density at radius 2 is 0.433 bits per heavy atom. The van der Waals surface area contributed by atoms with Crippen LogP contribution in [0.2, 0.25) is 0 Å². The first-order valence-corrected chi connectivity index (χ1v) is 25.6. The molecule has 97 heavy (non-hydrogen) atoms. The van der Waals surface area contributed by atoms with Crippen LogP contribution >= 0.6 is 0 Å². The van der Waals surface area contributed by atoms with Crippen LogP contribution < -0.4 is 0 Å². The van der Waals surface area contributed by atoms with Gasteiger partial charge in [-0.05, 0) is 155 Å². The van der Waals surface area contributed by atoms with E-state index in [2.05, 4.69) is 0 Å². The zero-order valence-corrected chi connectivity index (χ0v) is 49.4. The third-order valence-corrected chi connectivity index (χ3v) is 12.1. The summed E-state index contributed by atoms with van der Waals surface area (Å²) in [4.78, 5) is 0. The molecule has 0 bridgehead atoms. The Hall–Kier alpha value is -7.98. The zero-order chi connectivity index (χ0) is 76.2. The van der Waals surface area contributed by atoms with E-state index in [-0.39, 0.29) is 41.0 Å². The first-order chi connectivity index (χ1) is 43.1. The highest BCUT2D eigenvalue weighted by Crippen LogP contribution is 2.45. The maximum absolute atomic E-state index is 12.5. The molecule has 0 unspecified atom stereocenters. The number of hydrogen-bond acceptors (Lipinski definition) is 0. The number of benzene rings is 7. The summed E-state index contributed by atoms with van der Waals surface area (Å²) >= 11 is 0. The molecule has 36 heteroatoms. The van der Waals surface area contributed by atoms with E-state index in [9.17, 15) is 158 Å². The Kier molecular flexibility index (Phi) is 28.8. The van der Waals surface area contributed by atoms with E-state index in [4.69, 9.17) is 0 Å². The van der Waals surface area contributed by atoms with Gasteiger partial charge in [0.1, 0.15) is 0 Å². The summed E-state index contributed by atoms with van der Waals surface area (Å²) in [6, 6.07) is 20.1. The third-order valence-electron chi connectivity index (χ3n) is 12.1. The van der Waals surface area contributed by atoms with E-state index >= 15 is 0 Å². The second-order valence-corrected chi connectivity index (χ2v) is 19.8. The Balaban J connectivity index is 0.000000570. The summed E-state index contributed by atoms with van der Waals surface area (Å²) in [5.74, 6) is 0. The van der Waals surface area contributed by atoms with Crippen molar-refractivity contribution in [3.05, 3.63) is 245 Å². The van der Waals surface area contributed by atoms with Crippen LogP contribution in [0.25, 0.3) is 0 Å². The smallest absolute Gasteiger partial charge is 0.166 e. The Labute approximate surface area is 525 Å². The maximum Gasteiger partial charge on any atom is 0.416 e. The molecule has 0 saturated heterocycles. The lowest BCUT2D eigenvalue weighted by molar-refractivity contribution is -0.150. The first-order valence-electron chi connectivity index (χ1n) is 25.6. The van der Waals surface area contributed by atoms with Crippen molar-refractivity contribution in [2.45, 2.75) is 123 Å².